The van der Waals surface area contributed by atoms with E-state index in [0.717, 1.165) is 18.8 Å². The molecule has 2 N–H and O–H groups in total. The fraction of sp³-hybridized carbons (Fsp3) is 0.471. The average molecular weight is 335 g/mol. The zero-order valence-corrected chi connectivity index (χ0v) is 14.6. The van der Waals surface area contributed by atoms with Gasteiger partial charge >= 0.3 is 12.0 Å². The van der Waals surface area contributed by atoms with E-state index in [1.165, 1.54) is 6.92 Å². The van der Waals surface area contributed by atoms with Gasteiger partial charge in [-0.3, -0.25) is 10.1 Å². The lowest BCUT2D eigenvalue weighted by molar-refractivity contribution is -0.127. The maximum Gasteiger partial charge on any atom is 0.338 e. The molecule has 1 aromatic rings. The normalized spacial score (nSPS) is 11.3. The number of imide groups is 1. The predicted molar refractivity (Wildman–Crippen MR) is 92.1 cm³/mol. The van der Waals surface area contributed by atoms with Crippen LogP contribution in [0.15, 0.2) is 24.3 Å². The number of carbonyl (C=O) groups is 3. The van der Waals surface area contributed by atoms with Crippen LogP contribution in [0, 0.1) is 0 Å². The van der Waals surface area contributed by atoms with Crippen LogP contribution in [0.1, 0.15) is 38.1 Å². The lowest BCUT2D eigenvalue weighted by atomic mass is 10.2. The first-order valence-corrected chi connectivity index (χ1v) is 8.07. The highest BCUT2D eigenvalue weighted by Crippen LogP contribution is 2.15. The molecule has 24 heavy (non-hydrogen) atoms. The van der Waals surface area contributed by atoms with Crippen molar-refractivity contribution in [3.8, 4) is 0 Å². The van der Waals surface area contributed by atoms with E-state index in [4.69, 9.17) is 4.74 Å². The molecular weight excluding hydrogens is 310 g/mol. The Kier molecular flexibility index (Phi) is 7.74. The Morgan fingerprint density at radius 1 is 1.08 bits per heavy atom. The van der Waals surface area contributed by atoms with Crippen LogP contribution in [-0.2, 0) is 9.53 Å². The van der Waals surface area contributed by atoms with Crippen molar-refractivity contribution in [2.24, 2.45) is 0 Å². The maximum atomic E-state index is 12.1. The van der Waals surface area contributed by atoms with Crippen molar-refractivity contribution in [2.75, 3.05) is 24.5 Å². The Balaban J connectivity index is 2.64. The number of hydrogen-bond donors (Lipinski definition) is 2. The Morgan fingerprint density at radius 3 is 2.17 bits per heavy atom. The molecule has 0 aromatic heterocycles. The van der Waals surface area contributed by atoms with Crippen LogP contribution in [0.2, 0.25) is 0 Å². The predicted octanol–water partition coefficient (Wildman–Crippen LogP) is 1.92. The molecule has 3 amide bonds. The summed E-state index contributed by atoms with van der Waals surface area (Å²) in [5.41, 5.74) is 1.36. The lowest BCUT2D eigenvalue weighted by Gasteiger charge is -2.21. The van der Waals surface area contributed by atoms with Gasteiger partial charge in [0.05, 0.1) is 5.56 Å². The van der Waals surface area contributed by atoms with Gasteiger partial charge in [-0.2, -0.15) is 0 Å². The average Bonchev–Trinajstić information content (AvgIpc) is 2.56. The molecule has 0 bridgehead atoms. The number of ether oxygens (including phenoxy) is 1. The van der Waals surface area contributed by atoms with Crippen LogP contribution in [0.4, 0.5) is 10.5 Å². The summed E-state index contributed by atoms with van der Waals surface area (Å²) in [7, 11) is 0. The van der Waals surface area contributed by atoms with Crippen molar-refractivity contribution >= 4 is 23.6 Å². The molecule has 0 unspecified atom stereocenters. The van der Waals surface area contributed by atoms with Gasteiger partial charge in [-0.05, 0) is 52.0 Å². The number of nitrogens with zero attached hydrogens (tertiary/aromatic N) is 1. The number of carbonyl (C=O) groups excluding carboxylic acids is 3. The maximum absolute atomic E-state index is 12.1. The van der Waals surface area contributed by atoms with Crippen LogP contribution in [0.25, 0.3) is 0 Å². The third kappa shape index (κ3) is 5.57. The van der Waals surface area contributed by atoms with E-state index >= 15 is 0 Å². The minimum Gasteiger partial charge on any atom is -0.449 e. The van der Waals surface area contributed by atoms with Crippen molar-refractivity contribution in [2.45, 2.75) is 33.8 Å². The number of nitrogens with one attached hydrogen (secondary N) is 2. The molecule has 0 aliphatic heterocycles. The van der Waals surface area contributed by atoms with E-state index in [1.54, 1.807) is 19.1 Å². The second-order valence-corrected chi connectivity index (χ2v) is 5.12. The molecule has 1 atom stereocenters. The van der Waals surface area contributed by atoms with E-state index in [-0.39, 0.29) is 0 Å². The summed E-state index contributed by atoms with van der Waals surface area (Å²) in [6.07, 6.45) is -1.07. The molecule has 0 heterocycles. The number of amides is 3. The topological polar surface area (TPSA) is 87.7 Å². The molecule has 0 radical (unpaired) electrons. The summed E-state index contributed by atoms with van der Waals surface area (Å²) in [6.45, 7) is 9.40. The Hall–Kier alpha value is -2.57. The molecule has 0 aliphatic rings. The fourth-order valence-electron chi connectivity index (χ4n) is 2.10. The minimum atomic E-state index is -1.07. The number of rotatable bonds is 7. The molecule has 1 aromatic carbocycles. The van der Waals surface area contributed by atoms with E-state index in [0.29, 0.717) is 12.1 Å². The monoisotopic (exact) mass is 335 g/mol. The number of anilines is 1. The quantitative estimate of drug-likeness (QED) is 0.743. The van der Waals surface area contributed by atoms with Gasteiger partial charge in [0.15, 0.2) is 6.10 Å². The summed E-state index contributed by atoms with van der Waals surface area (Å²) in [6, 6.07) is 6.37. The summed E-state index contributed by atoms with van der Waals surface area (Å²) >= 11 is 0. The van der Waals surface area contributed by atoms with Crippen LogP contribution < -0.4 is 15.5 Å². The van der Waals surface area contributed by atoms with Crippen LogP contribution in [0.5, 0.6) is 0 Å². The molecule has 0 aliphatic carbocycles. The van der Waals surface area contributed by atoms with Crippen molar-refractivity contribution in [3.05, 3.63) is 29.8 Å². The largest absolute Gasteiger partial charge is 0.449 e. The second kappa shape index (κ2) is 9.54. The molecule has 0 saturated carbocycles. The third-order valence-corrected chi connectivity index (χ3v) is 3.46. The molecule has 0 saturated heterocycles. The summed E-state index contributed by atoms with van der Waals surface area (Å²) in [5, 5.41) is 4.53. The first kappa shape index (κ1) is 19.5. The molecule has 1 rings (SSSR count). The zero-order chi connectivity index (χ0) is 18.1. The van der Waals surface area contributed by atoms with Gasteiger partial charge in [-0.15, -0.1) is 0 Å². The summed E-state index contributed by atoms with van der Waals surface area (Å²) in [5.74, 6) is -1.28. The van der Waals surface area contributed by atoms with Crippen molar-refractivity contribution in [3.63, 3.8) is 0 Å². The molecular formula is C17H25N3O4. The van der Waals surface area contributed by atoms with E-state index < -0.39 is 24.0 Å². The van der Waals surface area contributed by atoms with Crippen LogP contribution >= 0.6 is 0 Å². The first-order valence-electron chi connectivity index (χ1n) is 8.07. The zero-order valence-electron chi connectivity index (χ0n) is 14.6. The van der Waals surface area contributed by atoms with Gasteiger partial charge in [0.25, 0.3) is 5.91 Å². The number of esters is 1. The highest BCUT2D eigenvalue weighted by Gasteiger charge is 2.20. The Morgan fingerprint density at radius 2 is 1.67 bits per heavy atom. The molecule has 132 valence electrons. The van der Waals surface area contributed by atoms with Crippen LogP contribution in [-0.4, -0.2) is 43.6 Å². The van der Waals surface area contributed by atoms with Gasteiger partial charge in [0.1, 0.15) is 0 Å². The van der Waals surface area contributed by atoms with Gasteiger partial charge in [-0.1, -0.05) is 0 Å². The first-order chi connectivity index (χ1) is 11.4. The lowest BCUT2D eigenvalue weighted by Crippen LogP contribution is -2.44. The number of hydrogen-bond acceptors (Lipinski definition) is 5. The summed E-state index contributed by atoms with van der Waals surface area (Å²) in [4.78, 5) is 37.3. The number of urea groups is 1. The van der Waals surface area contributed by atoms with E-state index in [9.17, 15) is 14.4 Å². The third-order valence-electron chi connectivity index (χ3n) is 3.46. The van der Waals surface area contributed by atoms with E-state index in [2.05, 4.69) is 29.4 Å². The Bertz CT molecular complexity index is 568. The van der Waals surface area contributed by atoms with Crippen molar-refractivity contribution in [1.82, 2.24) is 10.6 Å². The fourth-order valence-corrected chi connectivity index (χ4v) is 2.10. The highest BCUT2D eigenvalue weighted by molar-refractivity contribution is 5.98. The van der Waals surface area contributed by atoms with Gasteiger partial charge in [0.2, 0.25) is 0 Å². The second-order valence-electron chi connectivity index (χ2n) is 5.12. The molecule has 7 nitrogen and oxygen atoms in total. The van der Waals surface area contributed by atoms with Gasteiger partial charge < -0.3 is 15.0 Å². The van der Waals surface area contributed by atoms with Gasteiger partial charge in [-0.25, -0.2) is 9.59 Å². The van der Waals surface area contributed by atoms with E-state index in [1.807, 2.05) is 12.1 Å². The minimum absolute atomic E-state index is 0.351. The molecule has 7 heteroatoms. The molecule has 0 spiro atoms. The highest BCUT2D eigenvalue weighted by atomic mass is 16.5. The number of benzene rings is 1. The van der Waals surface area contributed by atoms with Crippen molar-refractivity contribution < 1.29 is 19.1 Å². The van der Waals surface area contributed by atoms with Gasteiger partial charge in [0, 0.05) is 25.3 Å². The SMILES string of the molecule is CCNC(=O)NC(=O)[C@H](C)OC(=O)c1ccc(N(CC)CC)cc1. The van der Waals surface area contributed by atoms with Crippen molar-refractivity contribution in [1.29, 1.82) is 0 Å². The Labute approximate surface area is 142 Å². The van der Waals surface area contributed by atoms with Crippen LogP contribution in [0.3, 0.4) is 0 Å². The summed E-state index contributed by atoms with van der Waals surface area (Å²) < 4.78 is 5.09. The smallest absolute Gasteiger partial charge is 0.338 e. The molecule has 0 fully saturated rings. The standard InChI is InChI=1S/C17H25N3O4/c1-5-18-17(23)19-15(21)12(4)24-16(22)13-8-10-14(11-9-13)20(6-2)7-3/h8-12H,5-7H2,1-4H3,(H2,18,19,21,23)/t12-/m0/s1.